The van der Waals surface area contributed by atoms with E-state index in [-0.39, 0.29) is 29.9 Å². The second-order valence-electron chi connectivity index (χ2n) is 7.62. The molecule has 0 saturated heterocycles. The SMILES string of the molecule is CN=C(NCCOc1ccccc1C(C)C)NCCc1cccc(C(=O)N(C)C)c1.I. The van der Waals surface area contributed by atoms with Crippen LogP contribution in [-0.4, -0.2) is 57.6 Å². The van der Waals surface area contributed by atoms with Gasteiger partial charge in [-0.05, 0) is 41.7 Å². The van der Waals surface area contributed by atoms with E-state index in [1.807, 2.05) is 42.5 Å². The number of nitrogens with one attached hydrogen (secondary N) is 2. The minimum Gasteiger partial charge on any atom is -0.491 e. The van der Waals surface area contributed by atoms with E-state index in [2.05, 4.69) is 35.5 Å². The molecular weight excluding hydrogens is 503 g/mol. The van der Waals surface area contributed by atoms with Crippen molar-refractivity contribution in [3.63, 3.8) is 0 Å². The number of hydrogen-bond acceptors (Lipinski definition) is 3. The van der Waals surface area contributed by atoms with Crippen LogP contribution >= 0.6 is 24.0 Å². The lowest BCUT2D eigenvalue weighted by atomic mass is 10.0. The largest absolute Gasteiger partial charge is 0.491 e. The van der Waals surface area contributed by atoms with Gasteiger partial charge in [0, 0.05) is 33.3 Å². The third-order valence-electron chi connectivity index (χ3n) is 4.70. The number of carbonyl (C=O) groups is 1. The molecule has 2 N–H and O–H groups in total. The molecule has 31 heavy (non-hydrogen) atoms. The first-order valence-corrected chi connectivity index (χ1v) is 10.4. The smallest absolute Gasteiger partial charge is 0.253 e. The van der Waals surface area contributed by atoms with Crippen LogP contribution in [0.1, 0.15) is 41.3 Å². The van der Waals surface area contributed by atoms with E-state index in [0.29, 0.717) is 24.6 Å². The fraction of sp³-hybridized carbons (Fsp3) is 0.417. The van der Waals surface area contributed by atoms with Gasteiger partial charge in [-0.15, -0.1) is 24.0 Å². The summed E-state index contributed by atoms with van der Waals surface area (Å²) in [7, 11) is 5.27. The molecule has 0 aromatic heterocycles. The molecule has 0 unspecified atom stereocenters. The van der Waals surface area contributed by atoms with Crippen molar-refractivity contribution in [2.75, 3.05) is 40.8 Å². The topological polar surface area (TPSA) is 66.0 Å². The van der Waals surface area contributed by atoms with Gasteiger partial charge < -0.3 is 20.3 Å². The highest BCUT2D eigenvalue weighted by atomic mass is 127. The van der Waals surface area contributed by atoms with Crippen LogP contribution in [0, 0.1) is 0 Å². The van der Waals surface area contributed by atoms with Gasteiger partial charge in [-0.25, -0.2) is 0 Å². The van der Waals surface area contributed by atoms with Crippen LogP contribution in [0.2, 0.25) is 0 Å². The zero-order chi connectivity index (χ0) is 21.9. The van der Waals surface area contributed by atoms with Crippen molar-refractivity contribution in [3.05, 3.63) is 65.2 Å². The zero-order valence-corrected chi connectivity index (χ0v) is 21.5. The number of halogens is 1. The summed E-state index contributed by atoms with van der Waals surface area (Å²) in [5.41, 5.74) is 3.04. The Labute approximate surface area is 203 Å². The van der Waals surface area contributed by atoms with Crippen LogP contribution in [0.3, 0.4) is 0 Å². The molecule has 170 valence electrons. The second-order valence-corrected chi connectivity index (χ2v) is 7.62. The first-order chi connectivity index (χ1) is 14.4. The Hall–Kier alpha value is -2.29. The molecule has 7 heteroatoms. The quantitative estimate of drug-likeness (QED) is 0.220. The molecular formula is C24H35IN4O2. The van der Waals surface area contributed by atoms with Gasteiger partial charge in [0.15, 0.2) is 5.96 Å². The number of ether oxygens (including phenoxy) is 1. The summed E-state index contributed by atoms with van der Waals surface area (Å²) in [6.07, 6.45) is 0.799. The monoisotopic (exact) mass is 538 g/mol. The Morgan fingerprint density at radius 3 is 2.45 bits per heavy atom. The molecule has 0 spiro atoms. The van der Waals surface area contributed by atoms with Gasteiger partial charge in [0.05, 0.1) is 6.54 Å². The predicted octanol–water partition coefficient (Wildman–Crippen LogP) is 3.92. The minimum absolute atomic E-state index is 0. The molecule has 1 amide bonds. The maximum atomic E-state index is 12.1. The fourth-order valence-corrected chi connectivity index (χ4v) is 3.08. The first-order valence-electron chi connectivity index (χ1n) is 10.4. The highest BCUT2D eigenvalue weighted by molar-refractivity contribution is 14.0. The van der Waals surface area contributed by atoms with Gasteiger partial charge >= 0.3 is 0 Å². The van der Waals surface area contributed by atoms with Crippen molar-refractivity contribution >= 4 is 35.8 Å². The maximum absolute atomic E-state index is 12.1. The number of carbonyl (C=O) groups excluding carboxylic acids is 1. The number of hydrogen-bond donors (Lipinski definition) is 2. The molecule has 2 rings (SSSR count). The summed E-state index contributed by atoms with van der Waals surface area (Å²) in [6, 6.07) is 15.9. The number of benzene rings is 2. The van der Waals surface area contributed by atoms with Gasteiger partial charge in [-0.1, -0.05) is 44.2 Å². The van der Waals surface area contributed by atoms with Gasteiger partial charge in [0.2, 0.25) is 0 Å². The lowest BCUT2D eigenvalue weighted by Crippen LogP contribution is -2.40. The Morgan fingerprint density at radius 2 is 1.77 bits per heavy atom. The zero-order valence-electron chi connectivity index (χ0n) is 19.1. The van der Waals surface area contributed by atoms with E-state index in [1.165, 1.54) is 5.56 Å². The van der Waals surface area contributed by atoms with Crippen molar-refractivity contribution in [1.29, 1.82) is 0 Å². The normalized spacial score (nSPS) is 11.0. The minimum atomic E-state index is 0. The predicted molar refractivity (Wildman–Crippen MR) is 139 cm³/mol. The van der Waals surface area contributed by atoms with Crippen LogP contribution in [0.5, 0.6) is 5.75 Å². The van der Waals surface area contributed by atoms with Crippen molar-refractivity contribution in [3.8, 4) is 5.75 Å². The number of amides is 1. The average molecular weight is 538 g/mol. The van der Waals surface area contributed by atoms with Gasteiger partial charge in [0.1, 0.15) is 12.4 Å². The molecule has 0 aliphatic rings. The molecule has 0 radical (unpaired) electrons. The standard InChI is InChI=1S/C24H34N4O2.HI/c1-18(2)21-11-6-7-12-22(21)30-16-15-27-24(25-3)26-14-13-19-9-8-10-20(17-19)23(29)28(4)5;/h6-12,17-18H,13-16H2,1-5H3,(H2,25,26,27);1H. The molecule has 2 aromatic carbocycles. The van der Waals surface area contributed by atoms with Crippen LogP contribution in [-0.2, 0) is 6.42 Å². The molecule has 0 heterocycles. The summed E-state index contributed by atoms with van der Waals surface area (Å²) < 4.78 is 5.94. The summed E-state index contributed by atoms with van der Waals surface area (Å²) in [5.74, 6) is 2.11. The van der Waals surface area contributed by atoms with Gasteiger partial charge in [-0.3, -0.25) is 9.79 Å². The Kier molecular flexibility index (Phi) is 12.0. The van der Waals surface area contributed by atoms with Crippen LogP contribution in [0.4, 0.5) is 0 Å². The van der Waals surface area contributed by atoms with E-state index >= 15 is 0 Å². The Morgan fingerprint density at radius 1 is 1.06 bits per heavy atom. The third-order valence-corrected chi connectivity index (χ3v) is 4.70. The molecule has 2 aromatic rings. The van der Waals surface area contributed by atoms with Crippen LogP contribution < -0.4 is 15.4 Å². The highest BCUT2D eigenvalue weighted by Gasteiger charge is 2.09. The van der Waals surface area contributed by atoms with Crippen molar-refractivity contribution in [2.24, 2.45) is 4.99 Å². The van der Waals surface area contributed by atoms with E-state index in [1.54, 1.807) is 26.0 Å². The van der Waals surface area contributed by atoms with E-state index in [0.717, 1.165) is 30.2 Å². The third kappa shape index (κ3) is 8.77. The lowest BCUT2D eigenvalue weighted by molar-refractivity contribution is 0.0827. The molecule has 6 nitrogen and oxygen atoms in total. The molecule has 0 aliphatic carbocycles. The molecule has 0 fully saturated rings. The fourth-order valence-electron chi connectivity index (χ4n) is 3.08. The maximum Gasteiger partial charge on any atom is 0.253 e. The molecule has 0 aliphatic heterocycles. The lowest BCUT2D eigenvalue weighted by Gasteiger charge is -2.15. The number of aliphatic imine (C=N–C) groups is 1. The van der Waals surface area contributed by atoms with E-state index < -0.39 is 0 Å². The average Bonchev–Trinajstić information content (AvgIpc) is 2.75. The summed E-state index contributed by atoms with van der Waals surface area (Å²) in [5, 5.41) is 6.58. The van der Waals surface area contributed by atoms with E-state index in [4.69, 9.17) is 4.74 Å². The van der Waals surface area contributed by atoms with Crippen LogP contribution in [0.15, 0.2) is 53.5 Å². The summed E-state index contributed by atoms with van der Waals surface area (Å²) >= 11 is 0. The summed E-state index contributed by atoms with van der Waals surface area (Å²) in [4.78, 5) is 17.9. The summed E-state index contributed by atoms with van der Waals surface area (Å²) in [6.45, 7) is 6.25. The Bertz CT molecular complexity index is 853. The highest BCUT2D eigenvalue weighted by Crippen LogP contribution is 2.25. The first kappa shape index (κ1) is 26.7. The number of para-hydroxylation sites is 1. The van der Waals surface area contributed by atoms with Crippen molar-refractivity contribution in [2.45, 2.75) is 26.2 Å². The molecule has 0 atom stereocenters. The van der Waals surface area contributed by atoms with Gasteiger partial charge in [0.25, 0.3) is 5.91 Å². The van der Waals surface area contributed by atoms with E-state index in [9.17, 15) is 4.79 Å². The van der Waals surface area contributed by atoms with Crippen LogP contribution in [0.25, 0.3) is 0 Å². The Balaban J connectivity index is 0.00000480. The van der Waals surface area contributed by atoms with Crippen molar-refractivity contribution < 1.29 is 9.53 Å². The number of guanidine groups is 1. The molecule has 0 saturated carbocycles. The second kappa shape index (κ2) is 13.9. The molecule has 0 bridgehead atoms. The number of rotatable bonds is 9. The van der Waals surface area contributed by atoms with Crippen molar-refractivity contribution in [1.82, 2.24) is 15.5 Å². The number of nitrogens with zero attached hydrogens (tertiary/aromatic N) is 2. The van der Waals surface area contributed by atoms with Gasteiger partial charge in [-0.2, -0.15) is 0 Å².